The summed E-state index contributed by atoms with van der Waals surface area (Å²) in [5, 5.41) is 0. The van der Waals surface area contributed by atoms with Crippen molar-refractivity contribution in [3.8, 4) is 0 Å². The third-order valence-corrected chi connectivity index (χ3v) is 3.08. The molecular formula is C18H28O10. The van der Waals surface area contributed by atoms with Crippen molar-refractivity contribution in [2.75, 3.05) is 40.6 Å². The van der Waals surface area contributed by atoms with Gasteiger partial charge in [-0.25, -0.2) is 19.2 Å². The number of hydrogen-bond acceptors (Lipinski definition) is 10. The van der Waals surface area contributed by atoms with Crippen molar-refractivity contribution < 1.29 is 47.6 Å². The Bertz CT molecular complexity index is 482. The molecule has 0 radical (unpaired) electrons. The van der Waals surface area contributed by atoms with Gasteiger partial charge < -0.3 is 28.4 Å². The van der Waals surface area contributed by atoms with Gasteiger partial charge in [0.25, 0.3) is 0 Å². The highest BCUT2D eigenvalue weighted by Gasteiger charge is 2.20. The van der Waals surface area contributed by atoms with Crippen LogP contribution in [-0.2, 0) is 47.6 Å². The summed E-state index contributed by atoms with van der Waals surface area (Å²) in [6.45, 7) is 3.82. The number of hydrogen-bond donors (Lipinski definition) is 0. The molecule has 0 heterocycles. The van der Waals surface area contributed by atoms with Crippen molar-refractivity contribution in [1.29, 1.82) is 0 Å². The van der Waals surface area contributed by atoms with Crippen LogP contribution in [-0.4, -0.2) is 76.7 Å². The first kappa shape index (κ1) is 25.5. The lowest BCUT2D eigenvalue weighted by Crippen LogP contribution is -2.27. The maximum absolute atomic E-state index is 11.6. The first-order chi connectivity index (χ1) is 13.3. The highest BCUT2D eigenvalue weighted by atomic mass is 16.6. The van der Waals surface area contributed by atoms with Gasteiger partial charge in [0, 0.05) is 52.4 Å². The molecule has 0 bridgehead atoms. The van der Waals surface area contributed by atoms with Crippen molar-refractivity contribution in [1.82, 2.24) is 0 Å². The summed E-state index contributed by atoms with van der Waals surface area (Å²) in [4.78, 5) is 46.5. The van der Waals surface area contributed by atoms with Crippen molar-refractivity contribution >= 4 is 23.9 Å². The lowest BCUT2D eigenvalue weighted by atomic mass is 10.4. The fourth-order valence-electron chi connectivity index (χ4n) is 1.65. The first-order valence-electron chi connectivity index (χ1n) is 8.72. The van der Waals surface area contributed by atoms with Crippen molar-refractivity contribution in [3.05, 3.63) is 12.2 Å². The molecule has 0 spiro atoms. The van der Waals surface area contributed by atoms with Crippen molar-refractivity contribution in [2.45, 2.75) is 38.9 Å². The zero-order valence-electron chi connectivity index (χ0n) is 16.6. The van der Waals surface area contributed by atoms with Crippen LogP contribution >= 0.6 is 0 Å². The molecule has 0 aliphatic heterocycles. The molecule has 10 nitrogen and oxygen atoms in total. The maximum Gasteiger partial charge on any atom is 0.347 e. The summed E-state index contributed by atoms with van der Waals surface area (Å²) in [7, 11) is 3.05. The average Bonchev–Trinajstić information content (AvgIpc) is 2.66. The van der Waals surface area contributed by atoms with Crippen LogP contribution in [0.3, 0.4) is 0 Å². The van der Waals surface area contributed by atoms with Gasteiger partial charge in [0.1, 0.15) is 0 Å². The van der Waals surface area contributed by atoms with Gasteiger partial charge in [-0.2, -0.15) is 0 Å². The molecule has 0 aromatic rings. The second-order valence-electron chi connectivity index (χ2n) is 5.52. The predicted octanol–water partition coefficient (Wildman–Crippen LogP) is 0.565. The Morgan fingerprint density at radius 1 is 0.679 bits per heavy atom. The van der Waals surface area contributed by atoms with Gasteiger partial charge in [0.15, 0.2) is 12.2 Å². The molecule has 0 saturated carbocycles. The third kappa shape index (κ3) is 12.8. The van der Waals surface area contributed by atoms with E-state index in [0.29, 0.717) is 26.1 Å². The van der Waals surface area contributed by atoms with Crippen LogP contribution in [0.1, 0.15) is 26.7 Å². The van der Waals surface area contributed by atoms with E-state index in [0.717, 1.165) is 12.2 Å². The Kier molecular flexibility index (Phi) is 14.2. The summed E-state index contributed by atoms with van der Waals surface area (Å²) < 4.78 is 29.0. The molecule has 0 amide bonds. The molecule has 0 N–H and O–H groups in total. The number of ether oxygens (including phenoxy) is 6. The summed E-state index contributed by atoms with van der Waals surface area (Å²) in [6.07, 6.45) is 0.318. The lowest BCUT2D eigenvalue weighted by molar-refractivity contribution is -0.164. The number of rotatable bonds is 14. The molecule has 160 valence electrons. The van der Waals surface area contributed by atoms with E-state index in [2.05, 4.69) is 0 Å². The van der Waals surface area contributed by atoms with Crippen LogP contribution < -0.4 is 0 Å². The fraction of sp³-hybridized carbons (Fsp3) is 0.667. The number of carbonyl (C=O) groups is 4. The van der Waals surface area contributed by atoms with E-state index in [1.807, 2.05) is 0 Å². The Morgan fingerprint density at radius 2 is 1.04 bits per heavy atom. The van der Waals surface area contributed by atoms with E-state index in [9.17, 15) is 19.2 Å². The van der Waals surface area contributed by atoms with E-state index in [1.165, 1.54) is 28.1 Å². The zero-order valence-corrected chi connectivity index (χ0v) is 16.6. The Balaban J connectivity index is 4.18. The van der Waals surface area contributed by atoms with Crippen LogP contribution in [0.15, 0.2) is 12.2 Å². The van der Waals surface area contributed by atoms with Gasteiger partial charge >= 0.3 is 23.9 Å². The SMILES string of the molecule is COCCCOC(=O)C(C)OC(=O)/C=C/C(=O)OC(C)C(=O)OCCCOC. The van der Waals surface area contributed by atoms with Gasteiger partial charge in [-0.05, 0) is 13.8 Å². The minimum Gasteiger partial charge on any atom is -0.463 e. The molecule has 0 aromatic heterocycles. The summed E-state index contributed by atoms with van der Waals surface area (Å²) in [5.41, 5.74) is 0. The minimum absolute atomic E-state index is 0.135. The molecule has 0 saturated heterocycles. The van der Waals surface area contributed by atoms with Crippen molar-refractivity contribution in [3.63, 3.8) is 0 Å². The molecule has 0 aliphatic carbocycles. The monoisotopic (exact) mass is 404 g/mol. The van der Waals surface area contributed by atoms with E-state index < -0.39 is 36.1 Å². The maximum atomic E-state index is 11.6. The molecule has 2 atom stereocenters. The lowest BCUT2D eigenvalue weighted by Gasteiger charge is -2.12. The van der Waals surface area contributed by atoms with Crippen LogP contribution in [0, 0.1) is 0 Å². The first-order valence-corrected chi connectivity index (χ1v) is 8.72. The van der Waals surface area contributed by atoms with Crippen LogP contribution in [0.5, 0.6) is 0 Å². The molecule has 0 aliphatic rings. The zero-order chi connectivity index (χ0) is 21.4. The molecular weight excluding hydrogens is 376 g/mol. The molecule has 28 heavy (non-hydrogen) atoms. The Hall–Kier alpha value is -2.46. The third-order valence-electron chi connectivity index (χ3n) is 3.08. The van der Waals surface area contributed by atoms with E-state index >= 15 is 0 Å². The topological polar surface area (TPSA) is 124 Å². The van der Waals surface area contributed by atoms with Gasteiger partial charge in [-0.1, -0.05) is 0 Å². The standard InChI is InChI=1S/C18H28O10/c1-13(17(21)25-11-5-9-23-3)27-15(19)7-8-16(20)28-14(2)18(22)26-12-6-10-24-4/h7-8,13-14H,5-6,9-12H2,1-4H3/b8-7+. The van der Waals surface area contributed by atoms with E-state index in [-0.39, 0.29) is 13.2 Å². The highest BCUT2D eigenvalue weighted by molar-refractivity contribution is 5.93. The normalized spacial score (nSPS) is 12.9. The average molecular weight is 404 g/mol. The summed E-state index contributed by atoms with van der Waals surface area (Å²) in [5.74, 6) is -3.31. The predicted molar refractivity (Wildman–Crippen MR) is 95.2 cm³/mol. The van der Waals surface area contributed by atoms with Gasteiger partial charge in [0.2, 0.25) is 0 Å². The van der Waals surface area contributed by atoms with Crippen LogP contribution in [0.25, 0.3) is 0 Å². The number of esters is 4. The van der Waals surface area contributed by atoms with E-state index in [4.69, 9.17) is 28.4 Å². The highest BCUT2D eigenvalue weighted by Crippen LogP contribution is 2.00. The summed E-state index contributed by atoms with van der Waals surface area (Å²) >= 11 is 0. The van der Waals surface area contributed by atoms with Gasteiger partial charge in [-0.15, -0.1) is 0 Å². The number of carbonyl (C=O) groups excluding carboxylic acids is 4. The molecule has 0 rings (SSSR count). The smallest absolute Gasteiger partial charge is 0.347 e. The number of methoxy groups -OCH3 is 2. The van der Waals surface area contributed by atoms with Crippen LogP contribution in [0.2, 0.25) is 0 Å². The quantitative estimate of drug-likeness (QED) is 0.176. The fourth-order valence-corrected chi connectivity index (χ4v) is 1.65. The molecule has 2 unspecified atom stereocenters. The molecule has 0 fully saturated rings. The largest absolute Gasteiger partial charge is 0.463 e. The second kappa shape index (κ2) is 15.6. The molecule has 0 aromatic carbocycles. The minimum atomic E-state index is -1.14. The molecule has 10 heteroatoms. The Morgan fingerprint density at radius 3 is 1.36 bits per heavy atom. The Labute approximate surface area is 164 Å². The summed E-state index contributed by atoms with van der Waals surface area (Å²) in [6, 6.07) is 0. The van der Waals surface area contributed by atoms with E-state index in [1.54, 1.807) is 0 Å². The second-order valence-corrected chi connectivity index (χ2v) is 5.52. The van der Waals surface area contributed by atoms with Crippen LogP contribution in [0.4, 0.5) is 0 Å². The van der Waals surface area contributed by atoms with Gasteiger partial charge in [-0.3, -0.25) is 0 Å². The van der Waals surface area contributed by atoms with Crippen molar-refractivity contribution in [2.24, 2.45) is 0 Å². The van der Waals surface area contributed by atoms with Gasteiger partial charge in [0.05, 0.1) is 13.2 Å².